The minimum absolute atomic E-state index is 0.00257. The Labute approximate surface area is 342 Å². The van der Waals surface area contributed by atoms with Crippen molar-refractivity contribution in [2.75, 3.05) is 6.54 Å². The van der Waals surface area contributed by atoms with Crippen molar-refractivity contribution in [2.24, 2.45) is 40.9 Å². The van der Waals surface area contributed by atoms with Gasteiger partial charge in [-0.3, -0.25) is 23.9 Å². The number of ether oxygens (including phenoxy) is 3. The highest BCUT2D eigenvalue weighted by Crippen LogP contribution is 2.58. The molecular weight excluding hydrogens is 759 g/mol. The number of hydrogen-bond donors (Lipinski definition) is 1. The molecule has 0 radical (unpaired) electrons. The van der Waals surface area contributed by atoms with Crippen molar-refractivity contribution < 1.29 is 41.8 Å². The van der Waals surface area contributed by atoms with Crippen molar-refractivity contribution in [3.8, 4) is 11.6 Å². The first kappa shape index (κ1) is 40.8. The summed E-state index contributed by atoms with van der Waals surface area (Å²) in [4.78, 5) is 63.5. The largest absolute Gasteiger partial charge is 0.491 e. The summed E-state index contributed by atoms with van der Waals surface area (Å²) in [5.41, 5.74) is -1.25. The molecule has 0 spiro atoms. The number of pyridine rings is 1. The predicted octanol–water partition coefficient (Wildman–Crippen LogP) is 6.69. The van der Waals surface area contributed by atoms with E-state index in [1.54, 1.807) is 18.0 Å². The van der Waals surface area contributed by atoms with E-state index in [-0.39, 0.29) is 73.4 Å². The van der Waals surface area contributed by atoms with Gasteiger partial charge in [-0.25, -0.2) is 13.4 Å². The molecule has 3 heterocycles. The zero-order chi connectivity index (χ0) is 41.1. The maximum Gasteiger partial charge on any atom is 0.306 e. The second-order valence-electron chi connectivity index (χ2n) is 19.1. The molecule has 1 aromatic heterocycles. The Morgan fingerprint density at radius 1 is 1.02 bits per heavy atom. The van der Waals surface area contributed by atoms with E-state index in [0.717, 1.165) is 36.5 Å². The van der Waals surface area contributed by atoms with Crippen molar-refractivity contribution in [3.63, 3.8) is 0 Å². The van der Waals surface area contributed by atoms with Gasteiger partial charge in [0, 0.05) is 24.4 Å². The molecule has 5 fully saturated rings. The highest BCUT2D eigenvalue weighted by molar-refractivity contribution is 7.91. The Bertz CT molecular complexity index is 2090. The molecule has 2 aliphatic heterocycles. The van der Waals surface area contributed by atoms with Gasteiger partial charge in [-0.1, -0.05) is 26.0 Å². The number of hydrogen-bond acceptors (Lipinski definition) is 10. The van der Waals surface area contributed by atoms with Gasteiger partial charge < -0.3 is 19.1 Å². The maximum absolute atomic E-state index is 15.0. The molecule has 13 heteroatoms. The highest BCUT2D eigenvalue weighted by Gasteiger charge is 2.63. The zero-order valence-corrected chi connectivity index (χ0v) is 35.3. The summed E-state index contributed by atoms with van der Waals surface area (Å²) in [6.07, 6.45) is 11.2. The average molecular weight is 818 g/mol. The van der Waals surface area contributed by atoms with Crippen LogP contribution in [0.3, 0.4) is 0 Å². The number of sulfonamides is 1. The Morgan fingerprint density at radius 2 is 1.78 bits per heavy atom. The average Bonchev–Trinajstić information content (AvgIpc) is 4.12. The topological polar surface area (TPSA) is 158 Å². The molecule has 1 unspecified atom stereocenters. The number of benzene rings is 1. The van der Waals surface area contributed by atoms with Crippen LogP contribution in [0.2, 0.25) is 0 Å². The number of ketones is 1. The van der Waals surface area contributed by atoms with Crippen molar-refractivity contribution in [1.82, 2.24) is 14.6 Å². The number of carbonyl (C=O) groups is 4. The molecule has 0 bridgehead atoms. The van der Waals surface area contributed by atoms with Gasteiger partial charge in [0.05, 0.1) is 41.2 Å². The molecule has 8 rings (SSSR count). The lowest BCUT2D eigenvalue weighted by Gasteiger charge is -2.32. The third-order valence-corrected chi connectivity index (χ3v) is 16.2. The van der Waals surface area contributed by atoms with E-state index in [1.165, 1.54) is 6.42 Å². The molecule has 314 valence electrons. The van der Waals surface area contributed by atoms with Crippen LogP contribution in [0.25, 0.3) is 10.8 Å². The molecule has 10 atom stereocenters. The first-order valence-corrected chi connectivity index (χ1v) is 23.0. The van der Waals surface area contributed by atoms with E-state index >= 15 is 4.79 Å². The molecular formula is C45H59N3O9S. The van der Waals surface area contributed by atoms with Gasteiger partial charge in [-0.2, -0.15) is 0 Å². The van der Waals surface area contributed by atoms with E-state index in [4.69, 9.17) is 14.2 Å². The van der Waals surface area contributed by atoms with Crippen LogP contribution in [0.15, 0.2) is 42.6 Å². The Morgan fingerprint density at radius 3 is 2.50 bits per heavy atom. The van der Waals surface area contributed by atoms with Crippen molar-refractivity contribution >= 4 is 44.4 Å². The molecule has 4 saturated carbocycles. The summed E-state index contributed by atoms with van der Waals surface area (Å²) in [6.45, 7) is 9.79. The third-order valence-electron chi connectivity index (χ3n) is 14.0. The van der Waals surface area contributed by atoms with Gasteiger partial charge in [0.2, 0.25) is 27.7 Å². The Hall–Kier alpha value is -4.00. The Balaban J connectivity index is 1.09. The van der Waals surface area contributed by atoms with Crippen molar-refractivity contribution in [2.45, 2.75) is 141 Å². The number of esters is 1. The molecule has 2 aromatic rings. The Kier molecular flexibility index (Phi) is 10.9. The summed E-state index contributed by atoms with van der Waals surface area (Å²) < 4.78 is 46.4. The fourth-order valence-electron chi connectivity index (χ4n) is 9.98. The molecule has 12 nitrogen and oxygen atoms in total. The number of amides is 2. The summed E-state index contributed by atoms with van der Waals surface area (Å²) in [5.74, 6) is -0.332. The summed E-state index contributed by atoms with van der Waals surface area (Å²) in [7, 11) is -3.95. The lowest BCUT2D eigenvalue weighted by Crippen LogP contribution is -2.48. The van der Waals surface area contributed by atoms with E-state index < -0.39 is 44.2 Å². The van der Waals surface area contributed by atoms with Gasteiger partial charge in [-0.15, -0.1) is 0 Å². The molecule has 4 aliphatic carbocycles. The van der Waals surface area contributed by atoms with Crippen LogP contribution >= 0.6 is 0 Å². The van der Waals surface area contributed by atoms with E-state index in [9.17, 15) is 22.8 Å². The second-order valence-corrected chi connectivity index (χ2v) is 21.3. The number of aromatic nitrogens is 1. The van der Waals surface area contributed by atoms with Crippen LogP contribution in [0, 0.1) is 40.9 Å². The van der Waals surface area contributed by atoms with Crippen LogP contribution < -0.4 is 14.2 Å². The minimum Gasteiger partial charge on any atom is -0.491 e. The SMILES string of the molecule is CC(C)Oc1ccc2c(O[C@@H]3C[C@H]4C(=O)C[C@]5(C(=O)NS(=O)(=O)C6(C)CC6)C[C@H]5/C=C\CC[C@@H](C)C[C@@H](C)[C@H](CC(=O)OC5C[C@@H]6C[C@@H]6C5)C(=O)N4C3)nccc2c1. The van der Waals surface area contributed by atoms with E-state index in [1.807, 2.05) is 57.2 Å². The van der Waals surface area contributed by atoms with Gasteiger partial charge in [0.15, 0.2) is 5.78 Å². The molecule has 1 N–H and O–H groups in total. The fraction of sp³-hybridized carbons (Fsp3) is 0.667. The van der Waals surface area contributed by atoms with Crippen LogP contribution in [0.4, 0.5) is 0 Å². The first-order valence-electron chi connectivity index (χ1n) is 21.5. The van der Waals surface area contributed by atoms with E-state index in [0.29, 0.717) is 49.1 Å². The van der Waals surface area contributed by atoms with Crippen molar-refractivity contribution in [1.29, 1.82) is 0 Å². The summed E-state index contributed by atoms with van der Waals surface area (Å²) in [6, 6.07) is 6.58. The first-order chi connectivity index (χ1) is 27.5. The van der Waals surface area contributed by atoms with Crippen molar-refractivity contribution in [3.05, 3.63) is 42.6 Å². The standard InChI is InChI=1S/C45H59N3O9S/c1-26(2)55-33-10-11-36-29(18-33)12-15-46-41(36)57-35-21-38-39(49)24-45(43(52)47-58(53,54)44(5)13-14-44)23-32(45)9-7-6-8-27(3)16-28(4)37(42(51)48(38)25-35)22-40(50)56-34-19-30-17-31(30)20-34/h7,9-12,15,18,26-28,30-32,34-35,37-38H,6,8,13-14,16-17,19-25H2,1-5H3,(H,47,52)/b9-7-/t27-,28-,30-,31+,32-,34?,35-,37+,38+,45-/m1/s1. The van der Waals surface area contributed by atoms with Crippen LogP contribution in [-0.2, 0) is 33.9 Å². The molecule has 1 aromatic carbocycles. The quantitative estimate of drug-likeness (QED) is 0.202. The number of nitrogens with zero attached hydrogens (tertiary/aromatic N) is 2. The molecule has 1 saturated heterocycles. The van der Waals surface area contributed by atoms with Gasteiger partial charge in [0.1, 0.15) is 18.0 Å². The second kappa shape index (κ2) is 15.6. The molecule has 2 amide bonds. The highest BCUT2D eigenvalue weighted by atomic mass is 32.2. The number of allylic oxidation sites excluding steroid dienone is 2. The number of Topliss-reactive ketones (excluding diaryl/α,β-unsaturated/α-hetero) is 1. The summed E-state index contributed by atoms with van der Waals surface area (Å²) in [5, 5.41) is 1.61. The number of nitrogens with one attached hydrogen (secondary N) is 1. The lowest BCUT2D eigenvalue weighted by atomic mass is 9.82. The third kappa shape index (κ3) is 8.39. The smallest absolute Gasteiger partial charge is 0.306 e. The minimum atomic E-state index is -3.95. The lowest BCUT2D eigenvalue weighted by molar-refractivity contribution is -0.155. The predicted molar refractivity (Wildman–Crippen MR) is 217 cm³/mol. The van der Waals surface area contributed by atoms with Crippen LogP contribution in [-0.4, -0.2) is 77.5 Å². The number of fused-ring (bicyclic) bond motifs is 4. The normalized spacial score (nSPS) is 34.9. The van der Waals surface area contributed by atoms with Gasteiger partial charge in [-0.05, 0) is 138 Å². The monoisotopic (exact) mass is 817 g/mol. The van der Waals surface area contributed by atoms with E-state index in [2.05, 4.69) is 16.6 Å². The fourth-order valence-corrected chi connectivity index (χ4v) is 11.3. The zero-order valence-electron chi connectivity index (χ0n) is 34.5. The molecule has 6 aliphatic rings. The van der Waals surface area contributed by atoms with Crippen LogP contribution in [0.1, 0.15) is 112 Å². The van der Waals surface area contributed by atoms with Gasteiger partial charge >= 0.3 is 5.97 Å². The van der Waals surface area contributed by atoms with Gasteiger partial charge in [0.25, 0.3) is 0 Å². The summed E-state index contributed by atoms with van der Waals surface area (Å²) >= 11 is 0. The number of carbonyl (C=O) groups excluding carboxylic acids is 4. The molecule has 58 heavy (non-hydrogen) atoms. The van der Waals surface area contributed by atoms with Crippen LogP contribution in [0.5, 0.6) is 11.6 Å². The number of rotatable bonds is 10. The maximum atomic E-state index is 15.0.